The van der Waals surface area contributed by atoms with Gasteiger partial charge < -0.3 is 0 Å². The van der Waals surface area contributed by atoms with Crippen molar-refractivity contribution in [1.29, 1.82) is 0 Å². The van der Waals surface area contributed by atoms with Crippen LogP contribution in [0.2, 0.25) is 5.02 Å². The van der Waals surface area contributed by atoms with Crippen molar-refractivity contribution in [2.75, 3.05) is 4.90 Å². The minimum absolute atomic E-state index is 0.333. The normalized spacial score (nSPS) is 13.8. The smallest absolute Gasteiger partial charge is 0.299 e. The first-order chi connectivity index (χ1) is 9.58. The molecule has 0 unspecified atom stereocenters. The number of benzene rings is 2. The van der Waals surface area contributed by atoms with Crippen molar-refractivity contribution >= 4 is 44.9 Å². The summed E-state index contributed by atoms with van der Waals surface area (Å²) in [6.45, 7) is 0.333. The minimum Gasteiger partial charge on any atom is -0.299 e. The van der Waals surface area contributed by atoms with Crippen LogP contribution in [-0.4, -0.2) is 11.7 Å². The summed E-state index contributed by atoms with van der Waals surface area (Å²) in [4.78, 5) is 25.6. The van der Waals surface area contributed by atoms with Gasteiger partial charge in [0.15, 0.2) is 0 Å². The zero-order valence-corrected chi connectivity index (χ0v) is 12.6. The fourth-order valence-electron chi connectivity index (χ4n) is 2.27. The molecule has 0 saturated carbocycles. The van der Waals surface area contributed by atoms with E-state index in [1.807, 2.05) is 30.3 Å². The molecule has 0 bridgehead atoms. The maximum Gasteiger partial charge on any atom is 0.299 e. The number of anilines is 1. The molecule has 0 N–H and O–H groups in total. The number of hydrogen-bond donors (Lipinski definition) is 0. The summed E-state index contributed by atoms with van der Waals surface area (Å²) >= 11 is 9.47. The van der Waals surface area contributed by atoms with Gasteiger partial charge >= 0.3 is 0 Å². The van der Waals surface area contributed by atoms with Crippen LogP contribution in [0, 0.1) is 0 Å². The number of nitrogens with zero attached hydrogens (tertiary/aromatic N) is 1. The molecule has 0 aromatic heterocycles. The topological polar surface area (TPSA) is 37.4 Å². The monoisotopic (exact) mass is 349 g/mol. The van der Waals surface area contributed by atoms with Crippen molar-refractivity contribution in [2.45, 2.75) is 6.54 Å². The van der Waals surface area contributed by atoms with Crippen molar-refractivity contribution in [3.63, 3.8) is 0 Å². The second-order valence-electron chi connectivity index (χ2n) is 4.49. The van der Waals surface area contributed by atoms with Crippen molar-refractivity contribution in [2.24, 2.45) is 0 Å². The highest BCUT2D eigenvalue weighted by atomic mass is 79.9. The first-order valence-electron chi connectivity index (χ1n) is 5.97. The van der Waals surface area contributed by atoms with Crippen LogP contribution < -0.4 is 4.90 Å². The molecule has 2 aromatic carbocycles. The standard InChI is InChI=1S/C15H9BrClNO2/c16-10-6-11-13(12(17)7-10)18(15(20)14(11)19)8-9-4-2-1-3-5-9/h1-7H,8H2. The van der Waals surface area contributed by atoms with Crippen LogP contribution >= 0.6 is 27.5 Å². The summed E-state index contributed by atoms with van der Waals surface area (Å²) in [6, 6.07) is 12.8. The number of ketones is 1. The molecule has 3 nitrogen and oxygen atoms in total. The van der Waals surface area contributed by atoms with Crippen LogP contribution in [0.5, 0.6) is 0 Å². The Kier molecular flexibility index (Phi) is 3.36. The van der Waals surface area contributed by atoms with E-state index in [4.69, 9.17) is 11.6 Å². The molecule has 0 aliphatic carbocycles. The molecule has 5 heteroatoms. The van der Waals surface area contributed by atoms with E-state index in [2.05, 4.69) is 15.9 Å². The highest BCUT2D eigenvalue weighted by molar-refractivity contribution is 9.10. The summed E-state index contributed by atoms with van der Waals surface area (Å²) in [5.74, 6) is -1.05. The van der Waals surface area contributed by atoms with Gasteiger partial charge in [-0.1, -0.05) is 57.9 Å². The van der Waals surface area contributed by atoms with Crippen molar-refractivity contribution in [1.82, 2.24) is 0 Å². The molecule has 2 aromatic rings. The van der Waals surface area contributed by atoms with Gasteiger partial charge in [0, 0.05) is 4.47 Å². The quantitative estimate of drug-likeness (QED) is 0.772. The second-order valence-corrected chi connectivity index (χ2v) is 5.81. The van der Waals surface area contributed by atoms with Gasteiger partial charge in [-0.2, -0.15) is 0 Å². The maximum absolute atomic E-state index is 12.1. The molecular formula is C15H9BrClNO2. The molecule has 0 saturated heterocycles. The average molecular weight is 351 g/mol. The van der Waals surface area contributed by atoms with Gasteiger partial charge in [0.25, 0.3) is 11.7 Å². The van der Waals surface area contributed by atoms with E-state index < -0.39 is 11.7 Å². The molecule has 0 spiro atoms. The van der Waals surface area contributed by atoms with Gasteiger partial charge in [-0.15, -0.1) is 0 Å². The van der Waals surface area contributed by atoms with E-state index in [-0.39, 0.29) is 0 Å². The number of carbonyl (C=O) groups is 2. The SMILES string of the molecule is O=C1C(=O)N(Cc2ccccc2)c2c(Cl)cc(Br)cc21. The number of halogens is 2. The second kappa shape index (κ2) is 5.04. The van der Waals surface area contributed by atoms with Gasteiger partial charge in [0.1, 0.15) is 0 Å². The summed E-state index contributed by atoms with van der Waals surface area (Å²) in [5, 5.41) is 0.393. The Morgan fingerprint density at radius 2 is 1.80 bits per heavy atom. The molecule has 20 heavy (non-hydrogen) atoms. The zero-order chi connectivity index (χ0) is 14.3. The Morgan fingerprint density at radius 3 is 2.50 bits per heavy atom. The molecular weight excluding hydrogens is 342 g/mol. The third-order valence-corrected chi connectivity index (χ3v) is 3.91. The van der Waals surface area contributed by atoms with Gasteiger partial charge in [0.2, 0.25) is 0 Å². The third-order valence-electron chi connectivity index (χ3n) is 3.17. The Hall–Kier alpha value is -1.65. The lowest BCUT2D eigenvalue weighted by molar-refractivity contribution is -0.114. The van der Waals surface area contributed by atoms with Crippen LogP contribution in [0.15, 0.2) is 46.9 Å². The zero-order valence-electron chi connectivity index (χ0n) is 10.3. The summed E-state index contributed by atoms with van der Waals surface area (Å²) in [5.41, 5.74) is 1.79. The van der Waals surface area contributed by atoms with Crippen LogP contribution in [0.25, 0.3) is 0 Å². The first kappa shape index (κ1) is 13.3. The van der Waals surface area contributed by atoms with E-state index >= 15 is 0 Å². The van der Waals surface area contributed by atoms with Gasteiger partial charge in [-0.25, -0.2) is 0 Å². The Balaban J connectivity index is 2.07. The predicted octanol–water partition coefficient (Wildman–Crippen LogP) is 3.83. The molecule has 1 heterocycles. The van der Waals surface area contributed by atoms with Crippen LogP contribution in [0.3, 0.4) is 0 Å². The molecule has 0 atom stereocenters. The molecule has 3 rings (SSSR count). The highest BCUT2D eigenvalue weighted by Crippen LogP contribution is 2.39. The lowest BCUT2D eigenvalue weighted by Gasteiger charge is -2.17. The van der Waals surface area contributed by atoms with E-state index in [1.165, 1.54) is 4.90 Å². The molecule has 1 aliphatic heterocycles. The number of amides is 1. The molecule has 100 valence electrons. The van der Waals surface area contributed by atoms with E-state index in [0.717, 1.165) is 5.56 Å². The van der Waals surface area contributed by atoms with Gasteiger partial charge in [-0.05, 0) is 17.7 Å². The molecule has 0 fully saturated rings. The average Bonchev–Trinajstić information content (AvgIpc) is 2.65. The number of hydrogen-bond acceptors (Lipinski definition) is 2. The predicted molar refractivity (Wildman–Crippen MR) is 81.1 cm³/mol. The van der Waals surface area contributed by atoms with Crippen molar-refractivity contribution < 1.29 is 9.59 Å². The molecule has 0 radical (unpaired) electrons. The summed E-state index contributed by atoms with van der Waals surface area (Å²) < 4.78 is 0.684. The largest absolute Gasteiger partial charge is 0.299 e. The number of rotatable bonds is 2. The summed E-state index contributed by atoms with van der Waals surface area (Å²) in [7, 11) is 0. The lowest BCUT2D eigenvalue weighted by atomic mass is 10.1. The number of Topliss-reactive ketones (excluding diaryl/α,β-unsaturated/α-hetero) is 1. The lowest BCUT2D eigenvalue weighted by Crippen LogP contribution is -2.29. The third kappa shape index (κ3) is 2.15. The van der Waals surface area contributed by atoms with E-state index in [1.54, 1.807) is 12.1 Å². The van der Waals surface area contributed by atoms with Crippen LogP contribution in [0.4, 0.5) is 5.69 Å². The van der Waals surface area contributed by atoms with Gasteiger partial charge in [0.05, 0.1) is 22.8 Å². The fraction of sp³-hybridized carbons (Fsp3) is 0.0667. The number of fused-ring (bicyclic) bond motifs is 1. The number of carbonyl (C=O) groups excluding carboxylic acids is 2. The summed E-state index contributed by atoms with van der Waals surface area (Å²) in [6.07, 6.45) is 0. The first-order valence-corrected chi connectivity index (χ1v) is 7.14. The van der Waals surface area contributed by atoms with Crippen LogP contribution in [-0.2, 0) is 11.3 Å². The Bertz CT molecular complexity index is 715. The molecule has 1 aliphatic rings. The van der Waals surface area contributed by atoms with Gasteiger partial charge in [-0.3, -0.25) is 14.5 Å². The van der Waals surface area contributed by atoms with E-state index in [9.17, 15) is 9.59 Å². The fourth-order valence-corrected chi connectivity index (χ4v) is 3.18. The van der Waals surface area contributed by atoms with Crippen molar-refractivity contribution in [3.05, 3.63) is 63.1 Å². The van der Waals surface area contributed by atoms with Crippen molar-refractivity contribution in [3.8, 4) is 0 Å². The highest BCUT2D eigenvalue weighted by Gasteiger charge is 2.37. The minimum atomic E-state index is -0.538. The van der Waals surface area contributed by atoms with Crippen LogP contribution in [0.1, 0.15) is 15.9 Å². The maximum atomic E-state index is 12.1. The Labute approximate surface area is 129 Å². The molecule has 1 amide bonds. The van der Waals surface area contributed by atoms with E-state index in [0.29, 0.717) is 27.3 Å². The Morgan fingerprint density at radius 1 is 1.10 bits per heavy atom.